The van der Waals surface area contributed by atoms with Gasteiger partial charge in [0.05, 0.1) is 0 Å². The summed E-state index contributed by atoms with van der Waals surface area (Å²) in [7, 11) is 0. The van der Waals surface area contributed by atoms with Crippen molar-refractivity contribution in [3.63, 3.8) is 0 Å². The van der Waals surface area contributed by atoms with Crippen LogP contribution in [0.3, 0.4) is 0 Å². The predicted molar refractivity (Wildman–Crippen MR) is 357 cm³/mol. The first-order valence-corrected chi connectivity index (χ1v) is 35.2. The minimum absolute atomic E-state index is 0.0778. The van der Waals surface area contributed by atoms with Gasteiger partial charge in [0, 0.05) is 19.3 Å². The fourth-order valence-electron chi connectivity index (χ4n) is 10.1. The molecular weight excluding hydrogens is 1010 g/mol. The van der Waals surface area contributed by atoms with E-state index in [1.807, 2.05) is 0 Å². The van der Waals surface area contributed by atoms with Crippen LogP contribution in [-0.4, -0.2) is 37.2 Å². The van der Waals surface area contributed by atoms with Crippen LogP contribution < -0.4 is 0 Å². The highest BCUT2D eigenvalue weighted by molar-refractivity contribution is 5.71. The molecule has 0 aliphatic rings. The number of hydrogen-bond acceptors (Lipinski definition) is 6. The second kappa shape index (κ2) is 69.8. The van der Waals surface area contributed by atoms with Crippen molar-refractivity contribution in [1.82, 2.24) is 0 Å². The first kappa shape index (κ1) is 78.3. The van der Waals surface area contributed by atoms with E-state index in [0.29, 0.717) is 19.3 Å². The van der Waals surface area contributed by atoms with Crippen molar-refractivity contribution in [2.75, 3.05) is 13.2 Å². The van der Waals surface area contributed by atoms with Gasteiger partial charge in [-0.15, -0.1) is 0 Å². The van der Waals surface area contributed by atoms with Crippen LogP contribution in [0.15, 0.2) is 97.2 Å². The third-order valence-electron chi connectivity index (χ3n) is 15.3. The van der Waals surface area contributed by atoms with E-state index < -0.39 is 6.10 Å². The molecule has 6 nitrogen and oxygen atoms in total. The van der Waals surface area contributed by atoms with Crippen LogP contribution in [0.2, 0.25) is 0 Å². The van der Waals surface area contributed by atoms with Crippen LogP contribution in [-0.2, 0) is 28.6 Å². The molecule has 0 aromatic heterocycles. The lowest BCUT2D eigenvalue weighted by Gasteiger charge is -2.18. The van der Waals surface area contributed by atoms with E-state index in [9.17, 15) is 14.4 Å². The zero-order chi connectivity index (χ0) is 59.2. The number of hydrogen-bond donors (Lipinski definition) is 0. The van der Waals surface area contributed by atoms with Gasteiger partial charge in [-0.1, -0.05) is 323 Å². The summed E-state index contributed by atoms with van der Waals surface area (Å²) in [5.41, 5.74) is 0. The summed E-state index contributed by atoms with van der Waals surface area (Å²) >= 11 is 0. The van der Waals surface area contributed by atoms with Crippen molar-refractivity contribution in [3.8, 4) is 0 Å². The smallest absolute Gasteiger partial charge is 0.306 e. The molecule has 82 heavy (non-hydrogen) atoms. The van der Waals surface area contributed by atoms with E-state index in [2.05, 4.69) is 118 Å². The molecule has 0 saturated carbocycles. The van der Waals surface area contributed by atoms with Gasteiger partial charge in [-0.2, -0.15) is 0 Å². The molecule has 1 atom stereocenters. The molecule has 0 aromatic carbocycles. The topological polar surface area (TPSA) is 78.9 Å². The zero-order valence-corrected chi connectivity index (χ0v) is 54.2. The quantitative estimate of drug-likeness (QED) is 0.0261. The zero-order valence-electron chi connectivity index (χ0n) is 54.2. The molecule has 0 saturated heterocycles. The third kappa shape index (κ3) is 67.1. The van der Waals surface area contributed by atoms with Gasteiger partial charge in [0.25, 0.3) is 0 Å². The van der Waals surface area contributed by atoms with Crippen molar-refractivity contribution in [1.29, 1.82) is 0 Å². The van der Waals surface area contributed by atoms with Gasteiger partial charge in [0.2, 0.25) is 0 Å². The average Bonchev–Trinajstić information content (AvgIpc) is 3.48. The van der Waals surface area contributed by atoms with Crippen molar-refractivity contribution in [2.45, 2.75) is 354 Å². The molecule has 0 aliphatic carbocycles. The van der Waals surface area contributed by atoms with E-state index in [-0.39, 0.29) is 31.1 Å². The Balaban J connectivity index is 4.32. The van der Waals surface area contributed by atoms with Crippen molar-refractivity contribution >= 4 is 17.9 Å². The molecule has 6 heteroatoms. The minimum atomic E-state index is -0.783. The van der Waals surface area contributed by atoms with Crippen LogP contribution in [0.1, 0.15) is 348 Å². The molecule has 0 aliphatic heterocycles. The number of esters is 3. The van der Waals surface area contributed by atoms with Gasteiger partial charge < -0.3 is 14.2 Å². The standard InChI is InChI=1S/C76H132O6/c1-4-7-10-13-16-19-22-25-28-30-32-34-36-37-38-39-41-42-44-46-48-51-54-57-60-63-66-69-75(78)81-72-73(71-80-74(77)68-65-62-59-56-53-50-27-24-21-18-15-12-9-6-3)82-76(79)70-67-64-61-58-55-52-49-47-45-43-40-35-33-31-29-26-23-20-17-14-11-8-5-2/h7,10,16,19,23,25-26,28,31-34,37-38,40,43,73H,4-6,8-9,11-15,17-18,20-22,24,27,29-30,35-36,39,41-42,44-72H2,1-3H3/b10-7-,19-16-,26-23-,28-25-,33-31-,34-32-,38-37-,43-40-. The molecule has 0 spiro atoms. The fourth-order valence-corrected chi connectivity index (χ4v) is 10.1. The molecule has 0 aromatic rings. The maximum absolute atomic E-state index is 13.0. The lowest BCUT2D eigenvalue weighted by Crippen LogP contribution is -2.30. The average molecular weight is 1140 g/mol. The number of ether oxygens (including phenoxy) is 3. The SMILES string of the molecule is CC/C=C\C/C=C\C/C=C\C/C=C\C/C=C\CCCCCCCCCCCCCC(=O)OCC(COC(=O)CCCCCCCCCCCCCCCC)OC(=O)CCCCCCCCCC/C=C\C/C=C\C/C=C\CCCCCCC. The van der Waals surface area contributed by atoms with E-state index >= 15 is 0 Å². The molecular formula is C76H132O6. The molecule has 0 rings (SSSR count). The van der Waals surface area contributed by atoms with E-state index in [4.69, 9.17) is 14.2 Å². The van der Waals surface area contributed by atoms with Crippen LogP contribution in [0.25, 0.3) is 0 Å². The molecule has 0 fully saturated rings. The monoisotopic (exact) mass is 1140 g/mol. The molecule has 0 radical (unpaired) electrons. The molecule has 0 heterocycles. The molecule has 1 unspecified atom stereocenters. The van der Waals surface area contributed by atoms with E-state index in [1.165, 1.54) is 199 Å². The van der Waals surface area contributed by atoms with Crippen LogP contribution in [0.5, 0.6) is 0 Å². The highest BCUT2D eigenvalue weighted by Crippen LogP contribution is 2.17. The number of carbonyl (C=O) groups is 3. The Labute approximate surface area is 508 Å². The van der Waals surface area contributed by atoms with E-state index in [0.717, 1.165) is 109 Å². The summed E-state index contributed by atoms with van der Waals surface area (Å²) in [5.74, 6) is -0.871. The van der Waals surface area contributed by atoms with Gasteiger partial charge in [-0.3, -0.25) is 14.4 Å². The Kier molecular flexibility index (Phi) is 66.7. The Morgan fingerprint density at radius 3 is 0.744 bits per heavy atom. The summed E-state index contributed by atoms with van der Waals surface area (Å²) in [5, 5.41) is 0. The van der Waals surface area contributed by atoms with Gasteiger partial charge in [0.1, 0.15) is 13.2 Å². The normalized spacial score (nSPS) is 12.7. The highest BCUT2D eigenvalue weighted by Gasteiger charge is 2.19. The predicted octanol–water partition coefficient (Wildman–Crippen LogP) is 24.4. The second-order valence-electron chi connectivity index (χ2n) is 23.4. The summed E-state index contributed by atoms with van der Waals surface area (Å²) in [6.07, 6.45) is 94.2. The molecule has 0 N–H and O–H groups in total. The molecule has 0 amide bonds. The van der Waals surface area contributed by atoms with Gasteiger partial charge in [0.15, 0.2) is 6.10 Å². The first-order valence-electron chi connectivity index (χ1n) is 35.2. The van der Waals surface area contributed by atoms with Gasteiger partial charge in [-0.25, -0.2) is 0 Å². The molecule has 472 valence electrons. The van der Waals surface area contributed by atoms with Crippen LogP contribution >= 0.6 is 0 Å². The Morgan fingerprint density at radius 2 is 0.476 bits per heavy atom. The first-order chi connectivity index (χ1) is 40.5. The fraction of sp³-hybridized carbons (Fsp3) is 0.750. The number of carbonyl (C=O) groups excluding carboxylic acids is 3. The second-order valence-corrected chi connectivity index (χ2v) is 23.4. The third-order valence-corrected chi connectivity index (χ3v) is 15.3. The Hall–Kier alpha value is -3.67. The Morgan fingerprint density at radius 1 is 0.256 bits per heavy atom. The van der Waals surface area contributed by atoms with Crippen molar-refractivity contribution in [3.05, 3.63) is 97.2 Å². The largest absolute Gasteiger partial charge is 0.462 e. The lowest BCUT2D eigenvalue weighted by atomic mass is 10.0. The van der Waals surface area contributed by atoms with Crippen molar-refractivity contribution in [2.24, 2.45) is 0 Å². The number of allylic oxidation sites excluding steroid dienone is 16. The number of unbranched alkanes of at least 4 members (excludes halogenated alkanes) is 37. The summed E-state index contributed by atoms with van der Waals surface area (Å²) in [6, 6.07) is 0. The van der Waals surface area contributed by atoms with Crippen LogP contribution in [0, 0.1) is 0 Å². The summed E-state index contributed by atoms with van der Waals surface area (Å²) in [4.78, 5) is 38.5. The van der Waals surface area contributed by atoms with Crippen LogP contribution in [0.4, 0.5) is 0 Å². The van der Waals surface area contributed by atoms with Gasteiger partial charge in [-0.05, 0) is 103 Å². The highest BCUT2D eigenvalue weighted by atomic mass is 16.6. The maximum Gasteiger partial charge on any atom is 0.306 e. The minimum Gasteiger partial charge on any atom is -0.462 e. The maximum atomic E-state index is 13.0. The lowest BCUT2D eigenvalue weighted by molar-refractivity contribution is -0.167. The number of rotatable bonds is 64. The summed E-state index contributed by atoms with van der Waals surface area (Å²) in [6.45, 7) is 6.55. The van der Waals surface area contributed by atoms with Gasteiger partial charge >= 0.3 is 17.9 Å². The molecule has 0 bridgehead atoms. The van der Waals surface area contributed by atoms with E-state index in [1.54, 1.807) is 0 Å². The van der Waals surface area contributed by atoms with Crippen molar-refractivity contribution < 1.29 is 28.6 Å². The Bertz CT molecular complexity index is 1590. The summed E-state index contributed by atoms with van der Waals surface area (Å²) < 4.78 is 17.0.